The maximum Gasteiger partial charge on any atom is 0.241 e. The lowest BCUT2D eigenvalue weighted by Crippen LogP contribution is -2.33. The largest absolute Gasteiger partial charge is 0.461 e. The van der Waals surface area contributed by atoms with Gasteiger partial charge in [0, 0.05) is 12.6 Å². The van der Waals surface area contributed by atoms with Crippen molar-refractivity contribution >= 4 is 0 Å². The van der Waals surface area contributed by atoms with Crippen molar-refractivity contribution in [3.8, 4) is 11.6 Å². The van der Waals surface area contributed by atoms with Gasteiger partial charge >= 0.3 is 0 Å². The van der Waals surface area contributed by atoms with E-state index in [1.165, 1.54) is 0 Å². The summed E-state index contributed by atoms with van der Waals surface area (Å²) in [6.07, 6.45) is 1.57. The van der Waals surface area contributed by atoms with Gasteiger partial charge in [0.15, 0.2) is 5.76 Å². The minimum atomic E-state index is 0.108. The van der Waals surface area contributed by atoms with E-state index in [1.54, 1.807) is 18.4 Å². The van der Waals surface area contributed by atoms with Crippen LogP contribution >= 0.6 is 0 Å². The second-order valence-electron chi connectivity index (χ2n) is 4.28. The molecule has 0 bridgehead atoms. The van der Waals surface area contributed by atoms with E-state index in [2.05, 4.69) is 28.9 Å². The molecule has 2 rings (SSSR count). The maximum absolute atomic E-state index is 9.00. The highest BCUT2D eigenvalue weighted by Gasteiger charge is 2.15. The fourth-order valence-corrected chi connectivity index (χ4v) is 1.65. The summed E-state index contributed by atoms with van der Waals surface area (Å²) >= 11 is 0. The zero-order valence-electron chi connectivity index (χ0n) is 10.5. The average Bonchev–Trinajstić information content (AvgIpc) is 2.98. The summed E-state index contributed by atoms with van der Waals surface area (Å²) in [5.74, 6) is 1.55. The molecule has 0 saturated heterocycles. The molecule has 0 aliphatic rings. The highest BCUT2D eigenvalue weighted by Crippen LogP contribution is 2.16. The lowest BCUT2D eigenvalue weighted by Gasteiger charge is -2.23. The SMILES string of the molecule is CC(C)N(CCO)Cc1nc(-c2ccco2)no1. The molecule has 0 atom stereocenters. The molecule has 0 radical (unpaired) electrons. The fraction of sp³-hybridized carbons (Fsp3) is 0.500. The maximum atomic E-state index is 9.00. The number of aliphatic hydroxyl groups excluding tert-OH is 1. The Bertz CT molecular complexity index is 465. The zero-order chi connectivity index (χ0) is 13.0. The standard InChI is InChI=1S/C12H17N3O3/c1-9(2)15(5-6-16)8-11-13-12(14-18-11)10-4-3-7-17-10/h3-4,7,9,16H,5-6,8H2,1-2H3. The molecule has 6 heteroatoms. The summed E-state index contributed by atoms with van der Waals surface area (Å²) in [4.78, 5) is 6.32. The number of furan rings is 1. The third-order valence-corrected chi connectivity index (χ3v) is 2.67. The number of hydrogen-bond acceptors (Lipinski definition) is 6. The number of aromatic nitrogens is 2. The molecule has 0 aliphatic heterocycles. The van der Waals surface area contributed by atoms with Gasteiger partial charge in [-0.2, -0.15) is 4.98 Å². The summed E-state index contributed by atoms with van der Waals surface area (Å²) in [5.41, 5.74) is 0. The number of rotatable bonds is 6. The van der Waals surface area contributed by atoms with Gasteiger partial charge in [-0.15, -0.1) is 0 Å². The van der Waals surface area contributed by atoms with Gasteiger partial charge in [-0.05, 0) is 26.0 Å². The van der Waals surface area contributed by atoms with Gasteiger partial charge in [0.2, 0.25) is 11.7 Å². The number of hydrogen-bond donors (Lipinski definition) is 1. The van der Waals surface area contributed by atoms with E-state index in [0.29, 0.717) is 36.6 Å². The van der Waals surface area contributed by atoms with Crippen LogP contribution in [0.25, 0.3) is 11.6 Å². The molecule has 0 amide bonds. The third kappa shape index (κ3) is 2.96. The van der Waals surface area contributed by atoms with Gasteiger partial charge in [-0.3, -0.25) is 4.90 Å². The van der Waals surface area contributed by atoms with E-state index >= 15 is 0 Å². The average molecular weight is 251 g/mol. The van der Waals surface area contributed by atoms with Crippen LogP contribution in [0, 0.1) is 0 Å². The Morgan fingerprint density at radius 3 is 2.89 bits per heavy atom. The second kappa shape index (κ2) is 5.79. The van der Waals surface area contributed by atoms with Crippen LogP contribution in [-0.2, 0) is 6.54 Å². The Labute approximate surface area is 105 Å². The molecule has 1 N–H and O–H groups in total. The van der Waals surface area contributed by atoms with Gasteiger partial charge in [0.25, 0.3) is 0 Å². The summed E-state index contributed by atoms with van der Waals surface area (Å²) in [7, 11) is 0. The van der Waals surface area contributed by atoms with Crippen LogP contribution < -0.4 is 0 Å². The molecule has 18 heavy (non-hydrogen) atoms. The van der Waals surface area contributed by atoms with E-state index in [4.69, 9.17) is 14.0 Å². The van der Waals surface area contributed by atoms with Crippen LogP contribution in [-0.4, -0.2) is 39.3 Å². The van der Waals surface area contributed by atoms with E-state index in [9.17, 15) is 0 Å². The normalized spacial score (nSPS) is 11.6. The predicted molar refractivity (Wildman–Crippen MR) is 64.6 cm³/mol. The van der Waals surface area contributed by atoms with Crippen molar-refractivity contribution in [2.45, 2.75) is 26.4 Å². The minimum Gasteiger partial charge on any atom is -0.461 e. The van der Waals surface area contributed by atoms with Crippen LogP contribution in [0.4, 0.5) is 0 Å². The molecule has 6 nitrogen and oxygen atoms in total. The highest BCUT2D eigenvalue weighted by atomic mass is 16.5. The third-order valence-electron chi connectivity index (χ3n) is 2.67. The van der Waals surface area contributed by atoms with Crippen molar-refractivity contribution in [3.63, 3.8) is 0 Å². The Morgan fingerprint density at radius 1 is 1.44 bits per heavy atom. The summed E-state index contributed by atoms with van der Waals surface area (Å²) in [6, 6.07) is 3.86. The zero-order valence-corrected chi connectivity index (χ0v) is 10.5. The first-order chi connectivity index (χ1) is 8.70. The Kier molecular flexibility index (Phi) is 4.11. The van der Waals surface area contributed by atoms with Crippen molar-refractivity contribution in [1.82, 2.24) is 15.0 Å². The smallest absolute Gasteiger partial charge is 0.241 e. The summed E-state index contributed by atoms with van der Waals surface area (Å²) in [5, 5.41) is 12.9. The van der Waals surface area contributed by atoms with Crippen LogP contribution in [0.15, 0.2) is 27.3 Å². The van der Waals surface area contributed by atoms with E-state index in [0.717, 1.165) is 0 Å². The Balaban J connectivity index is 2.06. The molecular formula is C12H17N3O3. The van der Waals surface area contributed by atoms with Gasteiger partial charge in [-0.1, -0.05) is 5.16 Å². The molecular weight excluding hydrogens is 234 g/mol. The van der Waals surface area contributed by atoms with E-state index < -0.39 is 0 Å². The van der Waals surface area contributed by atoms with Crippen molar-refractivity contribution in [1.29, 1.82) is 0 Å². The van der Waals surface area contributed by atoms with Crippen LogP contribution in [0.2, 0.25) is 0 Å². The molecule has 0 spiro atoms. The summed E-state index contributed by atoms with van der Waals surface area (Å²) < 4.78 is 10.4. The molecule has 0 aromatic carbocycles. The molecule has 98 valence electrons. The van der Waals surface area contributed by atoms with Crippen molar-refractivity contribution in [2.24, 2.45) is 0 Å². The van der Waals surface area contributed by atoms with Crippen molar-refractivity contribution < 1.29 is 14.0 Å². The van der Waals surface area contributed by atoms with Gasteiger partial charge in [0.05, 0.1) is 19.4 Å². The Morgan fingerprint density at radius 2 is 2.28 bits per heavy atom. The number of aliphatic hydroxyl groups is 1. The lowest BCUT2D eigenvalue weighted by molar-refractivity contribution is 0.144. The summed E-state index contributed by atoms with van der Waals surface area (Å²) in [6.45, 7) is 5.32. The van der Waals surface area contributed by atoms with Crippen LogP contribution in [0.5, 0.6) is 0 Å². The van der Waals surface area contributed by atoms with E-state index in [1.807, 2.05) is 0 Å². The first kappa shape index (κ1) is 12.8. The fourth-order valence-electron chi connectivity index (χ4n) is 1.65. The molecule has 0 aliphatic carbocycles. The molecule has 0 saturated carbocycles. The van der Waals surface area contributed by atoms with Crippen molar-refractivity contribution in [2.75, 3.05) is 13.2 Å². The topological polar surface area (TPSA) is 75.5 Å². The Hall–Kier alpha value is -1.66. The monoisotopic (exact) mass is 251 g/mol. The van der Waals surface area contributed by atoms with Gasteiger partial charge < -0.3 is 14.0 Å². The quantitative estimate of drug-likeness (QED) is 0.839. The van der Waals surface area contributed by atoms with Gasteiger partial charge in [0.1, 0.15) is 0 Å². The molecule has 0 unspecified atom stereocenters. The first-order valence-electron chi connectivity index (χ1n) is 5.92. The second-order valence-corrected chi connectivity index (χ2v) is 4.28. The molecule has 2 heterocycles. The first-order valence-corrected chi connectivity index (χ1v) is 5.92. The van der Waals surface area contributed by atoms with E-state index in [-0.39, 0.29) is 6.61 Å². The highest BCUT2D eigenvalue weighted by molar-refractivity contribution is 5.44. The molecule has 2 aromatic heterocycles. The van der Waals surface area contributed by atoms with Crippen molar-refractivity contribution in [3.05, 3.63) is 24.3 Å². The van der Waals surface area contributed by atoms with Gasteiger partial charge in [-0.25, -0.2) is 0 Å². The lowest BCUT2D eigenvalue weighted by atomic mass is 10.3. The van der Waals surface area contributed by atoms with Crippen LogP contribution in [0.3, 0.4) is 0 Å². The molecule has 2 aromatic rings. The predicted octanol–water partition coefficient (Wildman–Crippen LogP) is 1.53. The van der Waals surface area contributed by atoms with Crippen LogP contribution in [0.1, 0.15) is 19.7 Å². The molecule has 0 fully saturated rings. The minimum absolute atomic E-state index is 0.108. The number of nitrogens with zero attached hydrogens (tertiary/aromatic N) is 3.